The van der Waals surface area contributed by atoms with E-state index in [0.29, 0.717) is 10.7 Å². The fourth-order valence-electron chi connectivity index (χ4n) is 2.34. The second-order valence-electron chi connectivity index (χ2n) is 5.32. The van der Waals surface area contributed by atoms with Gasteiger partial charge in [0, 0.05) is 17.5 Å². The van der Waals surface area contributed by atoms with Crippen molar-refractivity contribution in [3.8, 4) is 0 Å². The van der Waals surface area contributed by atoms with Gasteiger partial charge in [0.2, 0.25) is 0 Å². The largest absolute Gasteiger partial charge is 0.346 e. The summed E-state index contributed by atoms with van der Waals surface area (Å²) < 4.78 is 23.3. The molecule has 0 atom stereocenters. The van der Waals surface area contributed by atoms with Crippen LogP contribution in [0.1, 0.15) is 5.56 Å². The maximum absolute atomic E-state index is 11.6. The molecule has 3 aromatic carbocycles. The van der Waals surface area contributed by atoms with Crippen LogP contribution in [0.15, 0.2) is 71.6 Å². The average Bonchev–Trinajstić information content (AvgIpc) is 2.54. The van der Waals surface area contributed by atoms with E-state index < -0.39 is 9.84 Å². The Bertz CT molecular complexity index is 995. The van der Waals surface area contributed by atoms with Gasteiger partial charge in [0.15, 0.2) is 9.84 Å². The van der Waals surface area contributed by atoms with E-state index in [2.05, 4.69) is 5.32 Å². The predicted molar refractivity (Wildman–Crippen MR) is 98.8 cm³/mol. The van der Waals surface area contributed by atoms with Gasteiger partial charge in [-0.15, -0.1) is 0 Å². The molecule has 0 radical (unpaired) electrons. The summed E-state index contributed by atoms with van der Waals surface area (Å²) in [6.45, 7) is 0. The average molecular weight is 341 g/mol. The molecule has 0 spiro atoms. The zero-order chi connectivity index (χ0) is 16.4. The number of hydrogen-bond donors (Lipinski definition) is 1. The Morgan fingerprint density at radius 3 is 2.39 bits per heavy atom. The van der Waals surface area contributed by atoms with Crippen LogP contribution in [0.25, 0.3) is 10.8 Å². The molecule has 0 aliphatic rings. The first kappa shape index (κ1) is 15.6. The van der Waals surface area contributed by atoms with Crippen LogP contribution in [0, 0.1) is 0 Å². The minimum Gasteiger partial charge on any atom is -0.346 e. The van der Waals surface area contributed by atoms with Gasteiger partial charge in [-0.1, -0.05) is 54.7 Å². The number of anilines is 1. The van der Waals surface area contributed by atoms with Crippen molar-refractivity contribution in [2.45, 2.75) is 4.90 Å². The molecule has 5 heteroatoms. The summed E-state index contributed by atoms with van der Waals surface area (Å²) in [6.07, 6.45) is 1.19. The number of sulfone groups is 1. The molecule has 3 nitrogen and oxygen atoms in total. The summed E-state index contributed by atoms with van der Waals surface area (Å²) in [5, 5.41) is 5.36. The van der Waals surface area contributed by atoms with Gasteiger partial charge < -0.3 is 5.32 Å². The molecule has 0 bridgehead atoms. The normalized spacial score (nSPS) is 11.3. The number of hydrogen-bond acceptors (Lipinski definition) is 3. The summed E-state index contributed by atoms with van der Waals surface area (Å²) in [4.78, 5) is 0.824. The van der Waals surface area contributed by atoms with Gasteiger partial charge in [0.05, 0.1) is 4.90 Å². The molecule has 1 N–H and O–H groups in total. The first-order chi connectivity index (χ1) is 10.9. The number of thiocarbonyl (C=S) groups is 1. The number of benzene rings is 3. The Morgan fingerprint density at radius 1 is 0.913 bits per heavy atom. The number of rotatable bonds is 3. The first-order valence-corrected chi connectivity index (χ1v) is 9.34. The van der Waals surface area contributed by atoms with Crippen LogP contribution in [0.5, 0.6) is 0 Å². The van der Waals surface area contributed by atoms with E-state index in [-0.39, 0.29) is 4.90 Å². The zero-order valence-electron chi connectivity index (χ0n) is 12.5. The Labute approximate surface area is 140 Å². The van der Waals surface area contributed by atoms with E-state index in [4.69, 9.17) is 12.2 Å². The third kappa shape index (κ3) is 3.57. The van der Waals surface area contributed by atoms with Crippen LogP contribution >= 0.6 is 12.2 Å². The Balaban J connectivity index is 1.88. The molecule has 0 saturated carbocycles. The molecule has 116 valence electrons. The van der Waals surface area contributed by atoms with E-state index in [1.54, 1.807) is 24.3 Å². The minimum atomic E-state index is -3.24. The highest BCUT2D eigenvalue weighted by atomic mass is 32.2. The smallest absolute Gasteiger partial charge is 0.175 e. The third-order valence-corrected chi connectivity index (χ3v) is 4.98. The van der Waals surface area contributed by atoms with Crippen molar-refractivity contribution in [1.82, 2.24) is 0 Å². The van der Waals surface area contributed by atoms with Crippen molar-refractivity contribution in [3.05, 3.63) is 72.3 Å². The Hall–Kier alpha value is -2.24. The second-order valence-corrected chi connectivity index (χ2v) is 7.74. The third-order valence-electron chi connectivity index (χ3n) is 3.53. The molecule has 3 rings (SSSR count). The second kappa shape index (κ2) is 6.10. The monoisotopic (exact) mass is 341 g/mol. The van der Waals surface area contributed by atoms with Crippen molar-refractivity contribution in [2.24, 2.45) is 0 Å². The van der Waals surface area contributed by atoms with Crippen LogP contribution < -0.4 is 5.32 Å². The van der Waals surface area contributed by atoms with Crippen LogP contribution in [0.2, 0.25) is 0 Å². The Kier molecular flexibility index (Phi) is 4.15. The van der Waals surface area contributed by atoms with Gasteiger partial charge >= 0.3 is 0 Å². The molecular weight excluding hydrogens is 326 g/mol. The van der Waals surface area contributed by atoms with E-state index in [0.717, 1.165) is 16.3 Å². The molecule has 0 amide bonds. The van der Waals surface area contributed by atoms with E-state index in [1.807, 2.05) is 42.5 Å². The number of fused-ring (bicyclic) bond motifs is 1. The van der Waals surface area contributed by atoms with Crippen molar-refractivity contribution in [2.75, 3.05) is 11.6 Å². The molecular formula is C18H15NO2S2. The molecule has 0 aromatic heterocycles. The van der Waals surface area contributed by atoms with E-state index in [9.17, 15) is 8.42 Å². The first-order valence-electron chi connectivity index (χ1n) is 7.04. The molecule has 0 saturated heterocycles. The summed E-state index contributed by atoms with van der Waals surface area (Å²) >= 11 is 5.44. The standard InChI is InChI=1S/C18H15NO2S2/c1-23(20,21)17-8-4-7-16(12-17)19-18(22)15-10-9-13-5-2-3-6-14(13)11-15/h2-12H,1H3,(H,19,22). The molecule has 0 fully saturated rings. The lowest BCUT2D eigenvalue weighted by Gasteiger charge is -2.10. The SMILES string of the molecule is CS(=O)(=O)c1cccc(NC(=S)c2ccc3ccccc3c2)c1. The van der Waals surface area contributed by atoms with Crippen molar-refractivity contribution in [3.63, 3.8) is 0 Å². The number of nitrogens with one attached hydrogen (secondary N) is 1. The fraction of sp³-hybridized carbons (Fsp3) is 0.0556. The van der Waals surface area contributed by atoms with Gasteiger partial charge in [-0.3, -0.25) is 0 Å². The zero-order valence-corrected chi connectivity index (χ0v) is 14.1. The quantitative estimate of drug-likeness (QED) is 0.731. The lowest BCUT2D eigenvalue weighted by atomic mass is 10.1. The van der Waals surface area contributed by atoms with E-state index in [1.165, 1.54) is 6.26 Å². The van der Waals surface area contributed by atoms with Crippen LogP contribution in [0.4, 0.5) is 5.69 Å². The fourth-order valence-corrected chi connectivity index (χ4v) is 3.25. The Morgan fingerprint density at radius 2 is 1.65 bits per heavy atom. The van der Waals surface area contributed by atoms with Gasteiger partial charge in [-0.05, 0) is 35.0 Å². The van der Waals surface area contributed by atoms with Gasteiger partial charge in [-0.2, -0.15) is 0 Å². The lowest BCUT2D eigenvalue weighted by molar-refractivity contribution is 0.602. The predicted octanol–water partition coefficient (Wildman–Crippen LogP) is 4.03. The summed E-state index contributed by atoms with van der Waals surface area (Å²) in [6, 6.07) is 20.7. The highest BCUT2D eigenvalue weighted by Crippen LogP contribution is 2.19. The highest BCUT2D eigenvalue weighted by molar-refractivity contribution is 7.90. The molecule has 0 heterocycles. The molecule has 3 aromatic rings. The van der Waals surface area contributed by atoms with Crippen molar-refractivity contribution < 1.29 is 8.42 Å². The lowest BCUT2D eigenvalue weighted by Crippen LogP contribution is -2.11. The highest BCUT2D eigenvalue weighted by Gasteiger charge is 2.09. The summed E-state index contributed by atoms with van der Waals surface area (Å²) in [7, 11) is -3.24. The molecule has 0 aliphatic heterocycles. The molecule has 0 aliphatic carbocycles. The van der Waals surface area contributed by atoms with Crippen LogP contribution in [-0.2, 0) is 9.84 Å². The molecule has 0 unspecified atom stereocenters. The maximum atomic E-state index is 11.6. The topological polar surface area (TPSA) is 46.2 Å². The van der Waals surface area contributed by atoms with Crippen LogP contribution in [-0.4, -0.2) is 19.7 Å². The van der Waals surface area contributed by atoms with Crippen molar-refractivity contribution in [1.29, 1.82) is 0 Å². The van der Waals surface area contributed by atoms with Gasteiger partial charge in [0.1, 0.15) is 4.99 Å². The van der Waals surface area contributed by atoms with Crippen LogP contribution in [0.3, 0.4) is 0 Å². The van der Waals surface area contributed by atoms with Crippen molar-refractivity contribution >= 4 is 43.5 Å². The van der Waals surface area contributed by atoms with E-state index >= 15 is 0 Å². The molecule has 23 heavy (non-hydrogen) atoms. The maximum Gasteiger partial charge on any atom is 0.175 e. The minimum absolute atomic E-state index is 0.267. The van der Waals surface area contributed by atoms with Gasteiger partial charge in [0.25, 0.3) is 0 Å². The summed E-state index contributed by atoms with van der Waals surface area (Å²) in [5.74, 6) is 0. The summed E-state index contributed by atoms with van der Waals surface area (Å²) in [5.41, 5.74) is 1.55. The van der Waals surface area contributed by atoms with Gasteiger partial charge in [-0.25, -0.2) is 8.42 Å².